The van der Waals surface area contributed by atoms with Gasteiger partial charge in [-0.1, -0.05) is 0 Å². The molecule has 7 nitrogen and oxygen atoms in total. The molecule has 0 fully saturated rings. The zero-order chi connectivity index (χ0) is 14.0. The van der Waals surface area contributed by atoms with Gasteiger partial charge in [0.2, 0.25) is 0 Å². The lowest BCUT2D eigenvalue weighted by Gasteiger charge is -2.06. The van der Waals surface area contributed by atoms with Gasteiger partial charge >= 0.3 is 0 Å². The number of hydrogen-bond acceptors (Lipinski definition) is 6. The molecule has 8 heteroatoms. The highest BCUT2D eigenvalue weighted by molar-refractivity contribution is 7.90. The molecule has 102 valence electrons. The molecular weight excluding hydrogens is 266 g/mol. The highest BCUT2D eigenvalue weighted by Crippen LogP contribution is 2.20. The van der Waals surface area contributed by atoms with Crippen LogP contribution in [0.25, 0.3) is 11.4 Å². The number of rotatable bonds is 4. The van der Waals surface area contributed by atoms with Gasteiger partial charge in [-0.05, 0) is 41.1 Å². The minimum Gasteiger partial charge on any atom is -0.399 e. The Labute approximate surface area is 111 Å². The predicted molar refractivity (Wildman–Crippen MR) is 72.1 cm³/mol. The normalized spacial score (nSPS) is 11.7. The SMILES string of the molecule is Cc1cc(N)cc(-c2nnnn2CCS(C)(=O)=O)c1. The van der Waals surface area contributed by atoms with Crippen LogP contribution in [0.2, 0.25) is 0 Å². The summed E-state index contributed by atoms with van der Waals surface area (Å²) in [4.78, 5) is 0. The molecule has 0 unspecified atom stereocenters. The van der Waals surface area contributed by atoms with E-state index in [1.54, 1.807) is 6.07 Å². The number of tetrazole rings is 1. The van der Waals surface area contributed by atoms with Crippen molar-refractivity contribution in [2.75, 3.05) is 17.7 Å². The van der Waals surface area contributed by atoms with Gasteiger partial charge in [0.15, 0.2) is 5.82 Å². The first-order valence-corrected chi connectivity index (χ1v) is 7.72. The first-order chi connectivity index (χ1) is 8.85. The number of sulfone groups is 1. The van der Waals surface area contributed by atoms with Crippen molar-refractivity contribution in [3.8, 4) is 11.4 Å². The largest absolute Gasteiger partial charge is 0.399 e. The van der Waals surface area contributed by atoms with Crippen molar-refractivity contribution in [1.82, 2.24) is 20.2 Å². The van der Waals surface area contributed by atoms with Crippen molar-refractivity contribution in [2.24, 2.45) is 0 Å². The van der Waals surface area contributed by atoms with E-state index in [9.17, 15) is 8.42 Å². The number of anilines is 1. The van der Waals surface area contributed by atoms with Gasteiger partial charge in [-0.25, -0.2) is 13.1 Å². The van der Waals surface area contributed by atoms with E-state index in [-0.39, 0.29) is 12.3 Å². The Morgan fingerprint density at radius 3 is 2.68 bits per heavy atom. The van der Waals surface area contributed by atoms with Crippen LogP contribution in [0, 0.1) is 6.92 Å². The zero-order valence-electron chi connectivity index (χ0n) is 10.7. The first-order valence-electron chi connectivity index (χ1n) is 5.66. The molecule has 19 heavy (non-hydrogen) atoms. The summed E-state index contributed by atoms with van der Waals surface area (Å²) in [5, 5.41) is 11.3. The highest BCUT2D eigenvalue weighted by Gasteiger charge is 2.12. The van der Waals surface area contributed by atoms with E-state index >= 15 is 0 Å². The summed E-state index contributed by atoms with van der Waals surface area (Å²) in [6.07, 6.45) is 1.18. The van der Waals surface area contributed by atoms with Crippen molar-refractivity contribution in [1.29, 1.82) is 0 Å². The highest BCUT2D eigenvalue weighted by atomic mass is 32.2. The number of nitrogens with two attached hydrogens (primary N) is 1. The molecule has 0 saturated heterocycles. The van der Waals surface area contributed by atoms with Gasteiger partial charge in [-0.15, -0.1) is 5.10 Å². The Morgan fingerprint density at radius 1 is 1.32 bits per heavy atom. The monoisotopic (exact) mass is 281 g/mol. The van der Waals surface area contributed by atoms with Gasteiger partial charge in [0.1, 0.15) is 9.84 Å². The predicted octanol–water partition coefficient (Wildman–Crippen LogP) is 0.275. The summed E-state index contributed by atoms with van der Waals surface area (Å²) in [5.41, 5.74) is 8.17. The van der Waals surface area contributed by atoms with Crippen LogP contribution in [0.3, 0.4) is 0 Å². The molecule has 0 aliphatic heterocycles. The molecule has 2 aromatic rings. The fourth-order valence-electron chi connectivity index (χ4n) is 1.76. The molecule has 0 atom stereocenters. The molecule has 0 aliphatic rings. The summed E-state index contributed by atoms with van der Waals surface area (Å²) >= 11 is 0. The Balaban J connectivity index is 2.33. The van der Waals surface area contributed by atoms with Crippen molar-refractivity contribution in [3.05, 3.63) is 23.8 Å². The molecular formula is C11H15N5O2S. The maximum absolute atomic E-state index is 11.2. The summed E-state index contributed by atoms with van der Waals surface area (Å²) in [7, 11) is -3.06. The summed E-state index contributed by atoms with van der Waals surface area (Å²) < 4.78 is 23.8. The van der Waals surface area contributed by atoms with E-state index in [1.807, 2.05) is 19.1 Å². The summed E-state index contributed by atoms with van der Waals surface area (Å²) in [5.74, 6) is 0.505. The molecule has 0 spiro atoms. The number of nitrogens with zero attached hydrogens (tertiary/aromatic N) is 4. The van der Waals surface area contributed by atoms with Crippen molar-refractivity contribution >= 4 is 15.5 Å². The number of hydrogen-bond donors (Lipinski definition) is 1. The quantitative estimate of drug-likeness (QED) is 0.807. The third kappa shape index (κ3) is 3.50. The Hall–Kier alpha value is -1.96. The molecule has 1 aromatic heterocycles. The summed E-state index contributed by atoms with van der Waals surface area (Å²) in [6, 6.07) is 5.50. The molecule has 2 rings (SSSR count). The topological polar surface area (TPSA) is 104 Å². The molecule has 0 aliphatic carbocycles. The third-order valence-electron chi connectivity index (χ3n) is 2.56. The van der Waals surface area contributed by atoms with E-state index < -0.39 is 9.84 Å². The van der Waals surface area contributed by atoms with Gasteiger partial charge in [0.25, 0.3) is 0 Å². The van der Waals surface area contributed by atoms with E-state index in [4.69, 9.17) is 5.73 Å². The number of benzene rings is 1. The lowest BCUT2D eigenvalue weighted by Crippen LogP contribution is -2.13. The fourth-order valence-corrected chi connectivity index (χ4v) is 2.26. The Kier molecular flexibility index (Phi) is 3.52. The van der Waals surface area contributed by atoms with Crippen LogP contribution >= 0.6 is 0 Å². The van der Waals surface area contributed by atoms with Crippen molar-refractivity contribution < 1.29 is 8.42 Å². The van der Waals surface area contributed by atoms with Crippen LogP contribution in [0.1, 0.15) is 5.56 Å². The number of aryl methyl sites for hydroxylation is 2. The number of aromatic nitrogens is 4. The average molecular weight is 281 g/mol. The van der Waals surface area contributed by atoms with Gasteiger partial charge in [0, 0.05) is 17.5 Å². The molecule has 1 aromatic carbocycles. The molecule has 0 saturated carbocycles. The maximum atomic E-state index is 11.2. The molecule has 0 radical (unpaired) electrons. The van der Waals surface area contributed by atoms with Crippen LogP contribution in [0.5, 0.6) is 0 Å². The smallest absolute Gasteiger partial charge is 0.182 e. The van der Waals surface area contributed by atoms with Gasteiger partial charge in [-0.3, -0.25) is 0 Å². The first kappa shape index (κ1) is 13.5. The molecule has 2 N–H and O–H groups in total. The van der Waals surface area contributed by atoms with Crippen LogP contribution in [0.15, 0.2) is 18.2 Å². The van der Waals surface area contributed by atoms with Crippen LogP contribution < -0.4 is 5.73 Å². The fraction of sp³-hybridized carbons (Fsp3) is 0.364. The lowest BCUT2D eigenvalue weighted by molar-refractivity contribution is 0.581. The van der Waals surface area contributed by atoms with Crippen LogP contribution in [-0.4, -0.2) is 40.6 Å². The van der Waals surface area contributed by atoms with Crippen molar-refractivity contribution in [3.63, 3.8) is 0 Å². The second-order valence-corrected chi connectivity index (χ2v) is 6.75. The molecule has 0 amide bonds. The van der Waals surface area contributed by atoms with Crippen LogP contribution in [0.4, 0.5) is 5.69 Å². The van der Waals surface area contributed by atoms with Crippen LogP contribution in [-0.2, 0) is 16.4 Å². The second kappa shape index (κ2) is 4.96. The van der Waals surface area contributed by atoms with E-state index in [0.717, 1.165) is 11.1 Å². The standard InChI is InChI=1S/C11H15N5O2S/c1-8-5-9(7-10(12)6-8)11-13-14-15-16(11)3-4-19(2,17)18/h5-7H,3-4,12H2,1-2H3. The minimum absolute atomic E-state index is 0.00760. The zero-order valence-corrected chi connectivity index (χ0v) is 11.6. The molecule has 0 bridgehead atoms. The molecule has 1 heterocycles. The Bertz CT molecular complexity index is 673. The Morgan fingerprint density at radius 2 is 2.05 bits per heavy atom. The van der Waals surface area contributed by atoms with Crippen molar-refractivity contribution in [2.45, 2.75) is 13.5 Å². The second-order valence-electron chi connectivity index (χ2n) is 4.49. The number of nitrogen functional groups attached to an aromatic ring is 1. The van der Waals surface area contributed by atoms with E-state index in [0.29, 0.717) is 11.5 Å². The van der Waals surface area contributed by atoms with Gasteiger partial charge in [0.05, 0.1) is 12.3 Å². The van der Waals surface area contributed by atoms with Gasteiger partial charge < -0.3 is 5.73 Å². The summed E-state index contributed by atoms with van der Waals surface area (Å²) in [6.45, 7) is 2.14. The third-order valence-corrected chi connectivity index (χ3v) is 3.49. The lowest BCUT2D eigenvalue weighted by atomic mass is 10.1. The maximum Gasteiger partial charge on any atom is 0.182 e. The minimum atomic E-state index is -3.06. The van der Waals surface area contributed by atoms with E-state index in [1.165, 1.54) is 10.9 Å². The van der Waals surface area contributed by atoms with Gasteiger partial charge in [-0.2, -0.15) is 0 Å². The average Bonchev–Trinajstić information content (AvgIpc) is 2.72. The van der Waals surface area contributed by atoms with E-state index in [2.05, 4.69) is 15.5 Å².